The Balaban J connectivity index is 1.43. The van der Waals surface area contributed by atoms with Crippen molar-refractivity contribution in [1.29, 1.82) is 0 Å². The average Bonchev–Trinajstić information content (AvgIpc) is 3.00. The zero-order valence-electron chi connectivity index (χ0n) is 13.1. The van der Waals surface area contributed by atoms with Crippen LogP contribution in [0.5, 0.6) is 0 Å². The Morgan fingerprint density at radius 3 is 3.00 bits per heavy atom. The molecule has 3 aliphatic heterocycles. The summed E-state index contributed by atoms with van der Waals surface area (Å²) in [5.74, 6) is 1.63. The van der Waals surface area contributed by atoms with E-state index < -0.39 is 0 Å². The summed E-state index contributed by atoms with van der Waals surface area (Å²) in [6.45, 7) is 3.07. The lowest BCUT2D eigenvalue weighted by atomic mass is 9.76. The summed E-state index contributed by atoms with van der Waals surface area (Å²) in [5.41, 5.74) is 1.11. The van der Waals surface area contributed by atoms with Gasteiger partial charge in [0.2, 0.25) is 5.91 Å². The highest BCUT2D eigenvalue weighted by Gasteiger charge is 2.44. The third kappa shape index (κ3) is 2.24. The third-order valence-electron chi connectivity index (χ3n) is 5.73. The molecule has 0 spiro atoms. The summed E-state index contributed by atoms with van der Waals surface area (Å²) in [6.07, 6.45) is 4.31. The third-order valence-corrected chi connectivity index (χ3v) is 6.83. The zero-order chi connectivity index (χ0) is 15.4. The Labute approximate surface area is 140 Å². The van der Waals surface area contributed by atoms with Crippen molar-refractivity contribution in [2.45, 2.75) is 31.7 Å². The number of anilines is 1. The number of nitrogens with zero attached hydrogens (tertiary/aromatic N) is 3. The van der Waals surface area contributed by atoms with E-state index in [2.05, 4.69) is 34.1 Å². The molecule has 0 N–H and O–H groups in total. The van der Waals surface area contributed by atoms with Gasteiger partial charge < -0.3 is 9.80 Å². The van der Waals surface area contributed by atoms with Crippen LogP contribution in [0.4, 0.5) is 5.13 Å². The molecule has 1 amide bonds. The van der Waals surface area contributed by atoms with Crippen LogP contribution < -0.4 is 4.90 Å². The van der Waals surface area contributed by atoms with Crippen LogP contribution in [0.1, 0.15) is 25.7 Å². The van der Waals surface area contributed by atoms with Crippen LogP contribution in [0, 0.1) is 11.8 Å². The molecule has 2 bridgehead atoms. The second kappa shape index (κ2) is 5.20. The molecule has 4 heterocycles. The van der Waals surface area contributed by atoms with Gasteiger partial charge in [-0.25, -0.2) is 4.98 Å². The highest BCUT2D eigenvalue weighted by molar-refractivity contribution is 7.22. The first-order valence-electron chi connectivity index (χ1n) is 8.68. The fraction of sp³-hybridized carbons (Fsp3) is 0.556. The number of carbonyl (C=O) groups is 1. The lowest BCUT2D eigenvalue weighted by molar-refractivity contribution is -0.142. The Kier molecular flexibility index (Phi) is 3.11. The number of thiazole rings is 1. The fourth-order valence-electron chi connectivity index (χ4n) is 4.76. The zero-order valence-corrected chi connectivity index (χ0v) is 14.0. The van der Waals surface area contributed by atoms with Crippen molar-refractivity contribution in [3.63, 3.8) is 0 Å². The van der Waals surface area contributed by atoms with E-state index in [0.29, 0.717) is 23.8 Å². The van der Waals surface area contributed by atoms with Crippen molar-refractivity contribution in [1.82, 2.24) is 9.88 Å². The van der Waals surface area contributed by atoms with Crippen LogP contribution in [-0.4, -0.2) is 41.5 Å². The predicted molar refractivity (Wildman–Crippen MR) is 92.8 cm³/mol. The topological polar surface area (TPSA) is 36.4 Å². The van der Waals surface area contributed by atoms with Crippen LogP contribution in [-0.2, 0) is 4.79 Å². The number of amides is 1. The SMILES string of the molecule is O=C1CCC[C@H]2C3CC(CN(c4nc5ccccc5s4)C3)CN12. The molecule has 120 valence electrons. The van der Waals surface area contributed by atoms with Crippen LogP contribution in [0.15, 0.2) is 24.3 Å². The minimum absolute atomic E-state index is 0.393. The van der Waals surface area contributed by atoms with Gasteiger partial charge in [-0.3, -0.25) is 4.79 Å². The maximum atomic E-state index is 12.2. The molecule has 3 aliphatic rings. The molecule has 3 atom stereocenters. The molecule has 2 unspecified atom stereocenters. The number of hydrogen-bond donors (Lipinski definition) is 0. The van der Waals surface area contributed by atoms with E-state index in [1.54, 1.807) is 11.3 Å². The van der Waals surface area contributed by atoms with Gasteiger partial charge in [-0.1, -0.05) is 23.5 Å². The maximum Gasteiger partial charge on any atom is 0.222 e. The standard InChI is InChI=1S/C18H21N3OS/c22-17-7-3-5-15-13-8-12(10-21(15)17)9-20(11-13)18-19-14-4-1-2-6-16(14)23-18/h1-2,4,6,12-13,15H,3,5,7-11H2/t12?,13?,15-/m0/s1. The quantitative estimate of drug-likeness (QED) is 0.807. The number of benzene rings is 1. The molecule has 0 radical (unpaired) electrons. The number of para-hydroxylation sites is 1. The molecule has 1 aromatic heterocycles. The Hall–Kier alpha value is -1.62. The number of rotatable bonds is 1. The number of piperidine rings is 3. The molecule has 3 fully saturated rings. The minimum atomic E-state index is 0.393. The lowest BCUT2D eigenvalue weighted by Crippen LogP contribution is -2.60. The molecule has 5 heteroatoms. The van der Waals surface area contributed by atoms with Crippen LogP contribution >= 0.6 is 11.3 Å². The summed E-state index contributed by atoms with van der Waals surface area (Å²) in [5, 5.41) is 1.16. The van der Waals surface area contributed by atoms with E-state index in [-0.39, 0.29) is 0 Å². The molecule has 23 heavy (non-hydrogen) atoms. The first-order valence-corrected chi connectivity index (χ1v) is 9.49. The summed E-state index contributed by atoms with van der Waals surface area (Å²) < 4.78 is 1.27. The summed E-state index contributed by atoms with van der Waals surface area (Å²) in [4.78, 5) is 21.8. The van der Waals surface area contributed by atoms with Gasteiger partial charge in [0, 0.05) is 32.1 Å². The largest absolute Gasteiger partial charge is 0.347 e. The van der Waals surface area contributed by atoms with E-state index >= 15 is 0 Å². The second-order valence-electron chi connectivity index (χ2n) is 7.24. The molecule has 5 rings (SSSR count). The Morgan fingerprint density at radius 2 is 2.09 bits per heavy atom. The number of fused-ring (bicyclic) bond motifs is 5. The molecule has 0 aliphatic carbocycles. The summed E-state index contributed by atoms with van der Waals surface area (Å²) in [7, 11) is 0. The number of aromatic nitrogens is 1. The van der Waals surface area contributed by atoms with Crippen molar-refractivity contribution in [3.8, 4) is 0 Å². The highest BCUT2D eigenvalue weighted by atomic mass is 32.1. The highest BCUT2D eigenvalue weighted by Crippen LogP contribution is 2.40. The van der Waals surface area contributed by atoms with Gasteiger partial charge in [0.25, 0.3) is 0 Å². The van der Waals surface area contributed by atoms with Crippen molar-refractivity contribution < 1.29 is 4.79 Å². The summed E-state index contributed by atoms with van der Waals surface area (Å²) in [6, 6.07) is 8.87. The van der Waals surface area contributed by atoms with Gasteiger partial charge in [0.05, 0.1) is 10.2 Å². The van der Waals surface area contributed by atoms with Gasteiger partial charge >= 0.3 is 0 Å². The van der Waals surface area contributed by atoms with Gasteiger partial charge in [-0.05, 0) is 43.2 Å². The van der Waals surface area contributed by atoms with Gasteiger partial charge in [0.15, 0.2) is 5.13 Å². The molecule has 0 saturated carbocycles. The first-order chi connectivity index (χ1) is 11.3. The van der Waals surface area contributed by atoms with Crippen LogP contribution in [0.25, 0.3) is 10.2 Å². The van der Waals surface area contributed by atoms with E-state index in [0.717, 1.165) is 43.1 Å². The van der Waals surface area contributed by atoms with E-state index in [9.17, 15) is 4.79 Å². The minimum Gasteiger partial charge on any atom is -0.347 e. The monoisotopic (exact) mass is 327 g/mol. The normalized spacial score (nSPS) is 30.6. The fourth-order valence-corrected chi connectivity index (χ4v) is 5.75. The second-order valence-corrected chi connectivity index (χ2v) is 8.25. The Bertz CT molecular complexity index is 725. The average molecular weight is 327 g/mol. The van der Waals surface area contributed by atoms with Crippen LogP contribution in [0.2, 0.25) is 0 Å². The van der Waals surface area contributed by atoms with Crippen molar-refractivity contribution in [2.75, 3.05) is 24.5 Å². The van der Waals surface area contributed by atoms with E-state index in [1.807, 2.05) is 0 Å². The molecular weight excluding hydrogens is 306 g/mol. The molecule has 3 saturated heterocycles. The molecule has 2 aromatic rings. The lowest BCUT2D eigenvalue weighted by Gasteiger charge is -2.52. The Morgan fingerprint density at radius 1 is 1.17 bits per heavy atom. The van der Waals surface area contributed by atoms with Gasteiger partial charge in [0.1, 0.15) is 0 Å². The maximum absolute atomic E-state index is 12.2. The first kappa shape index (κ1) is 13.8. The number of carbonyl (C=O) groups excluding carboxylic acids is 1. The van der Waals surface area contributed by atoms with E-state index in [4.69, 9.17) is 4.98 Å². The van der Waals surface area contributed by atoms with Crippen molar-refractivity contribution in [3.05, 3.63) is 24.3 Å². The predicted octanol–water partition coefficient (Wildman–Crippen LogP) is 3.13. The summed E-state index contributed by atoms with van der Waals surface area (Å²) >= 11 is 1.81. The van der Waals surface area contributed by atoms with Gasteiger partial charge in [-0.15, -0.1) is 0 Å². The van der Waals surface area contributed by atoms with Crippen molar-refractivity contribution in [2.24, 2.45) is 11.8 Å². The smallest absolute Gasteiger partial charge is 0.222 e. The molecule has 1 aromatic carbocycles. The van der Waals surface area contributed by atoms with Gasteiger partial charge in [-0.2, -0.15) is 0 Å². The van der Waals surface area contributed by atoms with E-state index in [1.165, 1.54) is 17.5 Å². The molecule has 4 nitrogen and oxygen atoms in total. The molecular formula is C18H21N3OS. The van der Waals surface area contributed by atoms with Crippen LogP contribution in [0.3, 0.4) is 0 Å². The van der Waals surface area contributed by atoms with Crippen molar-refractivity contribution >= 4 is 32.6 Å². The number of hydrogen-bond acceptors (Lipinski definition) is 4.